The van der Waals surface area contributed by atoms with Crippen molar-refractivity contribution in [2.45, 2.75) is 84.0 Å². The van der Waals surface area contributed by atoms with E-state index in [9.17, 15) is 0 Å². The third kappa shape index (κ3) is 3.65. The maximum Gasteiger partial charge on any atom is -0.0105 e. The van der Waals surface area contributed by atoms with Gasteiger partial charge < -0.3 is 0 Å². The van der Waals surface area contributed by atoms with Crippen molar-refractivity contribution in [3.63, 3.8) is 0 Å². The van der Waals surface area contributed by atoms with Gasteiger partial charge in [0.2, 0.25) is 0 Å². The van der Waals surface area contributed by atoms with Gasteiger partial charge in [0.15, 0.2) is 0 Å². The van der Waals surface area contributed by atoms with Gasteiger partial charge in [0.05, 0.1) is 0 Å². The first-order chi connectivity index (χ1) is 9.82. The lowest BCUT2D eigenvalue weighted by Crippen LogP contribution is -2.31. The van der Waals surface area contributed by atoms with Crippen molar-refractivity contribution in [1.82, 2.24) is 0 Å². The molecule has 112 valence electrons. The van der Waals surface area contributed by atoms with Gasteiger partial charge in [-0.2, -0.15) is 0 Å². The molecule has 0 heteroatoms. The molecule has 0 aromatic heterocycles. The Morgan fingerprint density at radius 2 is 1.65 bits per heavy atom. The van der Waals surface area contributed by atoms with E-state index in [1.807, 2.05) is 0 Å². The fraction of sp³-hybridized carbons (Fsp3) is 0.700. The molecule has 1 atom stereocenters. The highest BCUT2D eigenvalue weighted by molar-refractivity contribution is 5.22. The van der Waals surface area contributed by atoms with Gasteiger partial charge in [0.25, 0.3) is 0 Å². The standard InChI is InChI=1S/C20H32/c1-3-5-15-20(16-10-7-11-17-20)19(12-4-2)18-13-8-6-9-14-18/h6,8-9,13-14,19H,3-5,7,10-12,15-17H2,1-2H3. The van der Waals surface area contributed by atoms with Crippen LogP contribution in [0.5, 0.6) is 0 Å². The second-order valence-corrected chi connectivity index (χ2v) is 6.78. The summed E-state index contributed by atoms with van der Waals surface area (Å²) in [5, 5.41) is 0. The van der Waals surface area contributed by atoms with Gasteiger partial charge in [-0.3, -0.25) is 0 Å². The zero-order valence-electron chi connectivity index (χ0n) is 13.5. The van der Waals surface area contributed by atoms with Crippen molar-refractivity contribution in [3.8, 4) is 0 Å². The molecule has 1 unspecified atom stereocenters. The van der Waals surface area contributed by atoms with Crippen molar-refractivity contribution in [2.24, 2.45) is 5.41 Å². The first-order valence-electron chi connectivity index (χ1n) is 8.87. The van der Waals surface area contributed by atoms with Crippen molar-refractivity contribution >= 4 is 0 Å². The Labute approximate surface area is 126 Å². The molecule has 0 heterocycles. The van der Waals surface area contributed by atoms with Crippen LogP contribution in [0.1, 0.15) is 89.5 Å². The normalized spacial score (nSPS) is 19.7. The lowest BCUT2D eigenvalue weighted by atomic mass is 9.60. The number of unbranched alkanes of at least 4 members (excludes halogenated alkanes) is 1. The predicted molar refractivity (Wildman–Crippen MR) is 89.1 cm³/mol. The van der Waals surface area contributed by atoms with Crippen molar-refractivity contribution < 1.29 is 0 Å². The summed E-state index contributed by atoms with van der Waals surface area (Å²) >= 11 is 0. The smallest absolute Gasteiger partial charge is 0.0105 e. The average Bonchev–Trinajstić information content (AvgIpc) is 2.52. The third-order valence-electron chi connectivity index (χ3n) is 5.40. The molecule has 1 aliphatic rings. The van der Waals surface area contributed by atoms with Gasteiger partial charge in [0, 0.05) is 0 Å². The summed E-state index contributed by atoms with van der Waals surface area (Å²) in [7, 11) is 0. The maximum atomic E-state index is 2.38. The van der Waals surface area contributed by atoms with E-state index in [0.29, 0.717) is 5.41 Å². The molecule has 1 fully saturated rings. The topological polar surface area (TPSA) is 0 Å². The monoisotopic (exact) mass is 272 g/mol. The first-order valence-corrected chi connectivity index (χ1v) is 8.87. The van der Waals surface area contributed by atoms with Gasteiger partial charge in [0.1, 0.15) is 0 Å². The van der Waals surface area contributed by atoms with E-state index in [2.05, 4.69) is 44.2 Å². The van der Waals surface area contributed by atoms with Gasteiger partial charge in [-0.25, -0.2) is 0 Å². The second-order valence-electron chi connectivity index (χ2n) is 6.78. The van der Waals surface area contributed by atoms with E-state index in [1.54, 1.807) is 5.56 Å². The number of benzene rings is 1. The molecule has 0 radical (unpaired) electrons. The molecule has 0 spiro atoms. The highest BCUT2D eigenvalue weighted by Gasteiger charge is 2.39. The molecular weight excluding hydrogens is 240 g/mol. The largest absolute Gasteiger partial charge is 0.0654 e. The third-order valence-corrected chi connectivity index (χ3v) is 5.40. The van der Waals surface area contributed by atoms with Gasteiger partial charge >= 0.3 is 0 Å². The van der Waals surface area contributed by atoms with Gasteiger partial charge in [-0.05, 0) is 42.6 Å². The number of rotatable bonds is 7. The Morgan fingerprint density at radius 3 is 2.25 bits per heavy atom. The van der Waals surface area contributed by atoms with Crippen LogP contribution in [0.2, 0.25) is 0 Å². The minimum atomic E-state index is 0.603. The van der Waals surface area contributed by atoms with Crippen LogP contribution in [-0.4, -0.2) is 0 Å². The maximum absolute atomic E-state index is 2.38. The van der Waals surface area contributed by atoms with Crippen molar-refractivity contribution in [1.29, 1.82) is 0 Å². The molecule has 20 heavy (non-hydrogen) atoms. The molecule has 0 saturated heterocycles. The van der Waals surface area contributed by atoms with Gasteiger partial charge in [-0.1, -0.05) is 82.7 Å². The Kier molecular flexibility index (Phi) is 6.13. The molecule has 1 aromatic carbocycles. The van der Waals surface area contributed by atoms with Gasteiger partial charge in [-0.15, -0.1) is 0 Å². The molecule has 0 nitrogen and oxygen atoms in total. The molecule has 2 rings (SSSR count). The van der Waals surface area contributed by atoms with Crippen LogP contribution in [0, 0.1) is 5.41 Å². The highest BCUT2D eigenvalue weighted by atomic mass is 14.4. The fourth-order valence-corrected chi connectivity index (χ4v) is 4.36. The zero-order valence-corrected chi connectivity index (χ0v) is 13.5. The number of hydrogen-bond acceptors (Lipinski definition) is 0. The summed E-state index contributed by atoms with van der Waals surface area (Å²) in [5.74, 6) is 0.792. The van der Waals surface area contributed by atoms with Crippen LogP contribution >= 0.6 is 0 Å². The van der Waals surface area contributed by atoms with E-state index >= 15 is 0 Å². The molecule has 1 aromatic rings. The Balaban J connectivity index is 2.26. The molecule has 0 aliphatic heterocycles. The number of hydrogen-bond donors (Lipinski definition) is 0. The van der Waals surface area contributed by atoms with E-state index < -0.39 is 0 Å². The van der Waals surface area contributed by atoms with Crippen LogP contribution in [0.4, 0.5) is 0 Å². The first kappa shape index (κ1) is 15.6. The molecule has 0 bridgehead atoms. The minimum absolute atomic E-state index is 0.603. The summed E-state index contributed by atoms with van der Waals surface area (Å²) in [6, 6.07) is 11.4. The van der Waals surface area contributed by atoms with Crippen LogP contribution in [0.3, 0.4) is 0 Å². The Bertz CT molecular complexity index is 359. The highest BCUT2D eigenvalue weighted by Crippen LogP contribution is 2.52. The quantitative estimate of drug-likeness (QED) is 0.517. The lowest BCUT2D eigenvalue weighted by molar-refractivity contribution is 0.118. The SMILES string of the molecule is CCCCC1(C(CCC)c2ccccc2)CCCCC1. The fourth-order valence-electron chi connectivity index (χ4n) is 4.36. The summed E-state index contributed by atoms with van der Waals surface area (Å²) in [6.45, 7) is 4.69. The van der Waals surface area contributed by atoms with Crippen LogP contribution < -0.4 is 0 Å². The van der Waals surface area contributed by atoms with Crippen LogP contribution in [-0.2, 0) is 0 Å². The Hall–Kier alpha value is -0.780. The summed E-state index contributed by atoms with van der Waals surface area (Å²) in [4.78, 5) is 0. The predicted octanol–water partition coefficient (Wildman–Crippen LogP) is 6.71. The van der Waals surface area contributed by atoms with E-state index in [1.165, 1.54) is 64.2 Å². The summed E-state index contributed by atoms with van der Waals surface area (Å²) in [6.07, 6.45) is 14.2. The zero-order chi connectivity index (χ0) is 14.3. The van der Waals surface area contributed by atoms with Crippen LogP contribution in [0.25, 0.3) is 0 Å². The van der Waals surface area contributed by atoms with E-state index in [0.717, 1.165) is 5.92 Å². The van der Waals surface area contributed by atoms with E-state index in [-0.39, 0.29) is 0 Å². The lowest BCUT2D eigenvalue weighted by Gasteiger charge is -2.44. The summed E-state index contributed by atoms with van der Waals surface area (Å²) < 4.78 is 0. The molecule has 0 N–H and O–H groups in total. The van der Waals surface area contributed by atoms with E-state index in [4.69, 9.17) is 0 Å². The molecule has 0 amide bonds. The average molecular weight is 272 g/mol. The second kappa shape index (κ2) is 7.86. The Morgan fingerprint density at radius 1 is 0.950 bits per heavy atom. The summed E-state index contributed by atoms with van der Waals surface area (Å²) in [5.41, 5.74) is 2.21. The van der Waals surface area contributed by atoms with Crippen molar-refractivity contribution in [3.05, 3.63) is 35.9 Å². The molecular formula is C20H32. The van der Waals surface area contributed by atoms with Crippen LogP contribution in [0.15, 0.2) is 30.3 Å². The molecule has 1 aliphatic carbocycles. The molecule has 1 saturated carbocycles. The minimum Gasteiger partial charge on any atom is -0.0654 e. The van der Waals surface area contributed by atoms with Crippen molar-refractivity contribution in [2.75, 3.05) is 0 Å².